The molecule has 1 saturated carbocycles. The van der Waals surface area contributed by atoms with E-state index in [4.69, 9.17) is 0 Å². The number of hydrogen-bond acceptors (Lipinski definition) is 5. The van der Waals surface area contributed by atoms with Gasteiger partial charge in [0, 0.05) is 52.6 Å². The number of benzene rings is 2. The normalized spacial score (nSPS) is 13.4. The molecule has 2 aromatic heterocycles. The van der Waals surface area contributed by atoms with Gasteiger partial charge >= 0.3 is 0 Å². The quantitative estimate of drug-likeness (QED) is 0.297. The summed E-state index contributed by atoms with van der Waals surface area (Å²) in [6.07, 6.45) is 8.28. The minimum Gasteiger partial charge on any atom is -0.394 e. The second-order valence-electron chi connectivity index (χ2n) is 9.14. The maximum atomic E-state index is 14.8. The molecule has 0 saturated heterocycles. The molecular weight excluding hydrogens is 489 g/mol. The fraction of sp³-hybridized carbons (Fsp3) is 0.250. The summed E-state index contributed by atoms with van der Waals surface area (Å²) in [6.45, 7) is 2.02. The Bertz CT molecular complexity index is 1530. The second-order valence-corrected chi connectivity index (χ2v) is 10.3. The van der Waals surface area contributed by atoms with Crippen LogP contribution in [0, 0.1) is 12.7 Å². The Kier molecular flexibility index (Phi) is 6.88. The van der Waals surface area contributed by atoms with Crippen molar-refractivity contribution in [3.8, 4) is 0 Å². The van der Waals surface area contributed by atoms with Crippen LogP contribution in [0.1, 0.15) is 56.6 Å². The number of hydrogen-bond donors (Lipinski definition) is 2. The van der Waals surface area contributed by atoms with Crippen LogP contribution in [0.3, 0.4) is 0 Å². The molecule has 5 rings (SSSR count). The van der Waals surface area contributed by atoms with E-state index in [1.807, 2.05) is 47.5 Å². The first-order valence-electron chi connectivity index (χ1n) is 12.1. The van der Waals surface area contributed by atoms with Gasteiger partial charge in [-0.1, -0.05) is 11.8 Å². The molecule has 4 aromatic rings. The Balaban J connectivity index is 1.36. The molecule has 1 aliphatic rings. The van der Waals surface area contributed by atoms with Crippen molar-refractivity contribution in [1.29, 1.82) is 0 Å². The number of rotatable bonds is 9. The summed E-state index contributed by atoms with van der Waals surface area (Å²) in [6, 6.07) is 10.9. The van der Waals surface area contributed by atoms with E-state index < -0.39 is 0 Å². The molecule has 7 nitrogen and oxygen atoms in total. The van der Waals surface area contributed by atoms with Gasteiger partial charge in [0.1, 0.15) is 11.5 Å². The second kappa shape index (κ2) is 10.3. The highest BCUT2D eigenvalue weighted by molar-refractivity contribution is 7.99. The molecule has 1 fully saturated rings. The van der Waals surface area contributed by atoms with Gasteiger partial charge in [-0.05, 0) is 74.0 Å². The first-order valence-corrected chi connectivity index (χ1v) is 12.9. The minimum atomic E-state index is -0.351. The minimum absolute atomic E-state index is 0.0709. The third-order valence-electron chi connectivity index (χ3n) is 6.69. The third kappa shape index (κ3) is 4.91. The zero-order valence-corrected chi connectivity index (χ0v) is 21.7. The summed E-state index contributed by atoms with van der Waals surface area (Å²) in [5, 5.41) is 11.2. The summed E-state index contributed by atoms with van der Waals surface area (Å²) >= 11 is 1.52. The standard InChI is InChI=1S/C28H28FN5O2S/c1-17-26(37-22-8-4-20(16-35)18(12-22)10-11-30-2)13-25(33(17)3)28(36)31-15-23-24(29)9-5-19-14-32-34(27(19)23)21-6-7-21/h4-5,8-14,16,21,30H,6-7,15H2,1-3H3,(H,31,36)/b11-10-. The lowest BCUT2D eigenvalue weighted by Crippen LogP contribution is -2.26. The fourth-order valence-corrected chi connectivity index (χ4v) is 5.40. The molecule has 190 valence electrons. The van der Waals surface area contributed by atoms with E-state index >= 15 is 0 Å². The van der Waals surface area contributed by atoms with Crippen molar-refractivity contribution in [3.63, 3.8) is 0 Å². The van der Waals surface area contributed by atoms with Crippen LogP contribution in [0.5, 0.6) is 0 Å². The highest BCUT2D eigenvalue weighted by Crippen LogP contribution is 2.38. The summed E-state index contributed by atoms with van der Waals surface area (Å²) < 4.78 is 18.6. The molecule has 2 aromatic carbocycles. The molecule has 0 spiro atoms. The highest BCUT2D eigenvalue weighted by Gasteiger charge is 2.28. The zero-order chi connectivity index (χ0) is 26.1. The number of nitrogens with zero attached hydrogens (tertiary/aromatic N) is 3. The summed E-state index contributed by atoms with van der Waals surface area (Å²) in [7, 11) is 3.64. The van der Waals surface area contributed by atoms with Gasteiger partial charge in [0.15, 0.2) is 6.29 Å². The van der Waals surface area contributed by atoms with Gasteiger partial charge in [-0.3, -0.25) is 14.3 Å². The number of aromatic nitrogens is 3. The van der Waals surface area contributed by atoms with Gasteiger partial charge in [-0.15, -0.1) is 0 Å². The average molecular weight is 518 g/mol. The van der Waals surface area contributed by atoms with Gasteiger partial charge in [0.2, 0.25) is 0 Å². The van der Waals surface area contributed by atoms with E-state index in [2.05, 4.69) is 15.7 Å². The van der Waals surface area contributed by atoms with E-state index in [0.717, 1.165) is 51.1 Å². The van der Waals surface area contributed by atoms with Crippen LogP contribution < -0.4 is 10.6 Å². The average Bonchev–Trinajstić information content (AvgIpc) is 3.60. The first kappa shape index (κ1) is 24.8. The van der Waals surface area contributed by atoms with Crippen LogP contribution in [-0.4, -0.2) is 33.6 Å². The highest BCUT2D eigenvalue weighted by atomic mass is 32.2. The molecule has 1 amide bonds. The molecule has 37 heavy (non-hydrogen) atoms. The van der Waals surface area contributed by atoms with Gasteiger partial charge < -0.3 is 15.2 Å². The number of aldehydes is 1. The summed E-state index contributed by atoms with van der Waals surface area (Å²) in [4.78, 5) is 26.5. The first-order chi connectivity index (χ1) is 17.9. The molecule has 0 aliphatic heterocycles. The number of carbonyl (C=O) groups excluding carboxylic acids is 2. The van der Waals surface area contributed by atoms with Crippen LogP contribution in [0.4, 0.5) is 4.39 Å². The maximum absolute atomic E-state index is 14.8. The van der Waals surface area contributed by atoms with Crippen molar-refractivity contribution in [3.05, 3.63) is 82.7 Å². The molecule has 2 N–H and O–H groups in total. The van der Waals surface area contributed by atoms with E-state index in [9.17, 15) is 14.0 Å². The lowest BCUT2D eigenvalue weighted by molar-refractivity contribution is 0.0942. The Morgan fingerprint density at radius 3 is 2.76 bits per heavy atom. The lowest BCUT2D eigenvalue weighted by Gasteiger charge is -2.11. The predicted octanol–water partition coefficient (Wildman–Crippen LogP) is 5.24. The maximum Gasteiger partial charge on any atom is 0.268 e. The predicted molar refractivity (Wildman–Crippen MR) is 143 cm³/mol. The molecule has 0 unspecified atom stereocenters. The molecule has 0 radical (unpaired) electrons. The molecule has 9 heteroatoms. The van der Waals surface area contributed by atoms with Crippen molar-refractivity contribution in [2.75, 3.05) is 7.05 Å². The fourth-order valence-electron chi connectivity index (χ4n) is 4.37. The van der Waals surface area contributed by atoms with Gasteiger partial charge in [0.25, 0.3) is 5.91 Å². The smallest absolute Gasteiger partial charge is 0.268 e. The van der Waals surface area contributed by atoms with E-state index in [1.165, 1.54) is 17.8 Å². The molecule has 1 aliphatic carbocycles. The molecular formula is C28H28FN5O2S. The molecule has 0 atom stereocenters. The third-order valence-corrected chi connectivity index (χ3v) is 7.81. The van der Waals surface area contributed by atoms with E-state index in [1.54, 1.807) is 31.6 Å². The Hall–Kier alpha value is -3.85. The number of amides is 1. The number of fused-ring (bicyclic) bond motifs is 1. The van der Waals surface area contributed by atoms with Crippen molar-refractivity contribution in [2.45, 2.75) is 42.1 Å². The Labute approximate surface area is 218 Å². The number of halogens is 1. The zero-order valence-electron chi connectivity index (χ0n) is 20.9. The van der Waals surface area contributed by atoms with Crippen LogP contribution in [0.2, 0.25) is 0 Å². The van der Waals surface area contributed by atoms with Crippen molar-refractivity contribution in [1.82, 2.24) is 25.0 Å². The molecule has 0 bridgehead atoms. The topological polar surface area (TPSA) is 81.0 Å². The van der Waals surface area contributed by atoms with Crippen molar-refractivity contribution < 1.29 is 14.0 Å². The van der Waals surface area contributed by atoms with Crippen molar-refractivity contribution in [2.24, 2.45) is 7.05 Å². The van der Waals surface area contributed by atoms with Crippen LogP contribution in [-0.2, 0) is 13.6 Å². The number of carbonyl (C=O) groups is 2. The summed E-state index contributed by atoms with van der Waals surface area (Å²) in [5.74, 6) is -0.628. The van der Waals surface area contributed by atoms with Crippen molar-refractivity contribution >= 4 is 40.9 Å². The van der Waals surface area contributed by atoms with Gasteiger partial charge in [-0.25, -0.2) is 4.39 Å². The number of nitrogens with one attached hydrogen (secondary N) is 2. The van der Waals surface area contributed by atoms with Crippen LogP contribution in [0.15, 0.2) is 58.6 Å². The van der Waals surface area contributed by atoms with Gasteiger partial charge in [0.05, 0.1) is 17.8 Å². The summed E-state index contributed by atoms with van der Waals surface area (Å²) in [5.41, 5.74) is 4.04. The largest absolute Gasteiger partial charge is 0.394 e. The Morgan fingerprint density at radius 2 is 2.03 bits per heavy atom. The van der Waals surface area contributed by atoms with Gasteiger partial charge in [-0.2, -0.15) is 5.10 Å². The van der Waals surface area contributed by atoms with Crippen LogP contribution >= 0.6 is 11.8 Å². The van der Waals surface area contributed by atoms with Crippen LogP contribution in [0.25, 0.3) is 17.0 Å². The molecule has 2 heterocycles. The lowest BCUT2D eigenvalue weighted by atomic mass is 10.1. The van der Waals surface area contributed by atoms with E-state index in [-0.39, 0.29) is 18.3 Å². The monoisotopic (exact) mass is 517 g/mol. The SMILES string of the molecule is CN/C=C\c1cc(Sc2cc(C(=O)NCc3c(F)ccc4cnn(C5CC5)c34)n(C)c2C)ccc1C=O. The Morgan fingerprint density at radius 1 is 1.22 bits per heavy atom. The van der Waals surface area contributed by atoms with E-state index in [0.29, 0.717) is 22.9 Å².